The Hall–Kier alpha value is -3.67. The van der Waals surface area contributed by atoms with Gasteiger partial charge in [0.1, 0.15) is 5.82 Å². The van der Waals surface area contributed by atoms with Crippen LogP contribution in [-0.2, 0) is 6.54 Å². The van der Waals surface area contributed by atoms with Gasteiger partial charge >= 0.3 is 0 Å². The molecule has 2 fully saturated rings. The molecule has 4 aromatic rings. The predicted molar refractivity (Wildman–Crippen MR) is 139 cm³/mol. The number of aromatic nitrogens is 3. The maximum atomic E-state index is 4.68. The summed E-state index contributed by atoms with van der Waals surface area (Å²) in [6, 6.07) is 19.3. The first-order valence-corrected chi connectivity index (χ1v) is 12.4. The zero-order valence-corrected chi connectivity index (χ0v) is 19.4. The van der Waals surface area contributed by atoms with Gasteiger partial charge in [-0.15, -0.1) is 0 Å². The second-order valence-electron chi connectivity index (χ2n) is 9.37. The van der Waals surface area contributed by atoms with Crippen molar-refractivity contribution in [3.8, 4) is 0 Å². The summed E-state index contributed by atoms with van der Waals surface area (Å²) in [6.45, 7) is 2.82. The molecule has 0 bridgehead atoms. The van der Waals surface area contributed by atoms with E-state index in [9.17, 15) is 0 Å². The van der Waals surface area contributed by atoms with Gasteiger partial charge in [-0.2, -0.15) is 4.98 Å². The Morgan fingerprint density at radius 3 is 2.47 bits per heavy atom. The molecule has 0 atom stereocenters. The van der Waals surface area contributed by atoms with Gasteiger partial charge in [-0.05, 0) is 73.1 Å². The summed E-state index contributed by atoms with van der Waals surface area (Å²) in [5.41, 5.74) is 5.85. The molecule has 1 saturated heterocycles. The molecule has 1 aliphatic carbocycles. The number of nitrogens with one attached hydrogen (secondary N) is 2. The second-order valence-corrected chi connectivity index (χ2v) is 9.37. The Morgan fingerprint density at radius 1 is 0.853 bits per heavy atom. The third-order valence-electron chi connectivity index (χ3n) is 7.08. The van der Waals surface area contributed by atoms with E-state index in [1.54, 1.807) is 0 Å². The van der Waals surface area contributed by atoms with Crippen LogP contribution in [-0.4, -0.2) is 28.0 Å². The van der Waals surface area contributed by atoms with Crippen LogP contribution in [0.3, 0.4) is 0 Å². The van der Waals surface area contributed by atoms with Crippen molar-refractivity contribution in [2.45, 2.75) is 44.6 Å². The van der Waals surface area contributed by atoms with Crippen LogP contribution in [0.2, 0.25) is 0 Å². The van der Waals surface area contributed by atoms with Crippen LogP contribution in [0.4, 0.5) is 23.1 Å². The zero-order chi connectivity index (χ0) is 22.7. The first-order chi connectivity index (χ1) is 16.8. The van der Waals surface area contributed by atoms with E-state index in [1.165, 1.54) is 43.2 Å². The van der Waals surface area contributed by atoms with Crippen molar-refractivity contribution in [3.05, 3.63) is 78.1 Å². The van der Waals surface area contributed by atoms with Crippen LogP contribution in [0.5, 0.6) is 0 Å². The van der Waals surface area contributed by atoms with E-state index in [4.69, 9.17) is 0 Å². The van der Waals surface area contributed by atoms with Gasteiger partial charge in [-0.25, -0.2) is 4.98 Å². The Labute approximate surface area is 200 Å². The van der Waals surface area contributed by atoms with Crippen LogP contribution in [0.1, 0.15) is 49.1 Å². The molecule has 2 aliphatic rings. The minimum atomic E-state index is 0.720. The fourth-order valence-corrected chi connectivity index (χ4v) is 4.84. The highest BCUT2D eigenvalue weighted by Crippen LogP contribution is 2.38. The zero-order valence-electron chi connectivity index (χ0n) is 19.4. The average molecular weight is 451 g/mol. The van der Waals surface area contributed by atoms with Gasteiger partial charge in [0.2, 0.25) is 5.95 Å². The number of pyridine rings is 1. The lowest BCUT2D eigenvalue weighted by Gasteiger charge is -2.26. The Bertz CT molecular complexity index is 1280. The topological polar surface area (TPSA) is 66.0 Å². The van der Waals surface area contributed by atoms with Gasteiger partial charge < -0.3 is 15.5 Å². The van der Waals surface area contributed by atoms with Crippen molar-refractivity contribution in [1.82, 2.24) is 15.0 Å². The molecule has 3 heterocycles. The standard InChI is InChI=1S/C28H30N6/c1-2-17-34(16-1)28-30-15-13-27(33-28)31-19-20-6-9-23(10-7-20)32-25-12-14-29-26-18-22(8-11-24(25)26)21-4-3-5-21/h6-15,18,21H,1-5,16-17,19H2,(H,29,32)(H,30,31,33). The molecule has 1 aliphatic heterocycles. The molecule has 2 aromatic carbocycles. The Morgan fingerprint density at radius 2 is 1.68 bits per heavy atom. The molecule has 34 heavy (non-hydrogen) atoms. The summed E-state index contributed by atoms with van der Waals surface area (Å²) < 4.78 is 0. The molecule has 172 valence electrons. The van der Waals surface area contributed by atoms with Gasteiger partial charge in [0.25, 0.3) is 0 Å². The number of benzene rings is 2. The molecule has 2 aromatic heterocycles. The summed E-state index contributed by atoms with van der Waals surface area (Å²) >= 11 is 0. The fourth-order valence-electron chi connectivity index (χ4n) is 4.84. The summed E-state index contributed by atoms with van der Waals surface area (Å²) in [6.07, 6.45) is 10.1. The molecule has 6 nitrogen and oxygen atoms in total. The highest BCUT2D eigenvalue weighted by molar-refractivity contribution is 5.93. The smallest absolute Gasteiger partial charge is 0.227 e. The minimum absolute atomic E-state index is 0.720. The van der Waals surface area contributed by atoms with Crippen molar-refractivity contribution < 1.29 is 0 Å². The number of nitrogens with zero attached hydrogens (tertiary/aromatic N) is 4. The van der Waals surface area contributed by atoms with Crippen molar-refractivity contribution in [3.63, 3.8) is 0 Å². The van der Waals surface area contributed by atoms with Crippen molar-refractivity contribution in [2.24, 2.45) is 0 Å². The maximum Gasteiger partial charge on any atom is 0.227 e. The predicted octanol–water partition coefficient (Wildman–Crippen LogP) is 6.25. The molecule has 2 N–H and O–H groups in total. The third-order valence-corrected chi connectivity index (χ3v) is 7.08. The van der Waals surface area contributed by atoms with Crippen molar-refractivity contribution in [2.75, 3.05) is 28.6 Å². The van der Waals surface area contributed by atoms with Gasteiger partial charge in [0.15, 0.2) is 0 Å². The molecule has 0 spiro atoms. The number of rotatable bonds is 7. The molecule has 0 amide bonds. The van der Waals surface area contributed by atoms with E-state index in [0.717, 1.165) is 59.6 Å². The second kappa shape index (κ2) is 9.29. The van der Waals surface area contributed by atoms with E-state index in [-0.39, 0.29) is 0 Å². The van der Waals surface area contributed by atoms with Crippen LogP contribution in [0.15, 0.2) is 67.0 Å². The number of anilines is 4. The quantitative estimate of drug-likeness (QED) is 0.347. The lowest BCUT2D eigenvalue weighted by atomic mass is 9.80. The van der Waals surface area contributed by atoms with E-state index in [2.05, 4.69) is 72.9 Å². The van der Waals surface area contributed by atoms with Crippen LogP contribution >= 0.6 is 0 Å². The molecule has 6 rings (SSSR count). The lowest BCUT2D eigenvalue weighted by molar-refractivity contribution is 0.420. The van der Waals surface area contributed by atoms with Crippen LogP contribution in [0.25, 0.3) is 10.9 Å². The Balaban J connectivity index is 1.11. The minimum Gasteiger partial charge on any atom is -0.366 e. The lowest BCUT2D eigenvalue weighted by Crippen LogP contribution is -2.20. The van der Waals surface area contributed by atoms with Crippen LogP contribution in [0, 0.1) is 0 Å². The van der Waals surface area contributed by atoms with Crippen LogP contribution < -0.4 is 15.5 Å². The highest BCUT2D eigenvalue weighted by Gasteiger charge is 2.20. The maximum absolute atomic E-state index is 4.68. The highest BCUT2D eigenvalue weighted by atomic mass is 15.3. The van der Waals surface area contributed by atoms with Gasteiger partial charge in [0, 0.05) is 48.8 Å². The largest absolute Gasteiger partial charge is 0.366 e. The SMILES string of the molecule is c1cc(NCc2ccc(Nc3ccnc4cc(C5CCC5)ccc34)cc2)nc(N2CCCC2)n1. The summed E-state index contributed by atoms with van der Waals surface area (Å²) in [7, 11) is 0. The van der Waals surface area contributed by atoms with E-state index in [0.29, 0.717) is 0 Å². The molecular weight excluding hydrogens is 420 g/mol. The van der Waals surface area contributed by atoms with E-state index < -0.39 is 0 Å². The average Bonchev–Trinajstić information content (AvgIpc) is 3.38. The van der Waals surface area contributed by atoms with E-state index in [1.807, 2.05) is 24.5 Å². The fraction of sp³-hybridized carbons (Fsp3) is 0.321. The van der Waals surface area contributed by atoms with Gasteiger partial charge in [-0.1, -0.05) is 30.7 Å². The summed E-state index contributed by atoms with van der Waals surface area (Å²) in [5.74, 6) is 2.41. The molecule has 6 heteroatoms. The summed E-state index contributed by atoms with van der Waals surface area (Å²) in [5, 5.41) is 8.17. The summed E-state index contributed by atoms with van der Waals surface area (Å²) in [4.78, 5) is 16.0. The normalized spacial score (nSPS) is 15.9. The molecule has 0 radical (unpaired) electrons. The van der Waals surface area contributed by atoms with Gasteiger partial charge in [0.05, 0.1) is 5.52 Å². The molecule has 1 saturated carbocycles. The first kappa shape index (κ1) is 20.9. The first-order valence-electron chi connectivity index (χ1n) is 12.4. The van der Waals surface area contributed by atoms with Crippen molar-refractivity contribution in [1.29, 1.82) is 0 Å². The molecule has 0 unspecified atom stereocenters. The van der Waals surface area contributed by atoms with E-state index >= 15 is 0 Å². The number of hydrogen-bond donors (Lipinski definition) is 2. The monoisotopic (exact) mass is 450 g/mol. The Kier molecular flexibility index (Phi) is 5.71. The number of fused-ring (bicyclic) bond motifs is 1. The third kappa shape index (κ3) is 4.40. The van der Waals surface area contributed by atoms with Gasteiger partial charge in [-0.3, -0.25) is 4.98 Å². The molecular formula is C28H30N6. The number of hydrogen-bond acceptors (Lipinski definition) is 6. The van der Waals surface area contributed by atoms with Crippen molar-refractivity contribution >= 4 is 34.0 Å².